The van der Waals surface area contributed by atoms with E-state index < -0.39 is 0 Å². The summed E-state index contributed by atoms with van der Waals surface area (Å²) in [6.45, 7) is 1.71. The van der Waals surface area contributed by atoms with Crippen LogP contribution >= 0.6 is 0 Å². The minimum Gasteiger partial charge on any atom is -0.496 e. The first-order valence-electron chi connectivity index (χ1n) is 3.44. The highest BCUT2D eigenvalue weighted by molar-refractivity contribution is 5.43. The van der Waals surface area contributed by atoms with Crippen molar-refractivity contribution in [3.8, 4) is 5.75 Å². The Kier molecular flexibility index (Phi) is 3.14. The first-order chi connectivity index (χ1) is 5.88. The van der Waals surface area contributed by atoms with E-state index >= 15 is 0 Å². The number of para-hydroxylation sites is 1. The number of benzene rings is 1. The van der Waals surface area contributed by atoms with Gasteiger partial charge in [0.05, 0.1) is 7.11 Å². The summed E-state index contributed by atoms with van der Waals surface area (Å²) >= 11 is 0. The zero-order valence-electron chi connectivity index (χ0n) is 6.69. The maximum absolute atomic E-state index is 9.88. The van der Waals surface area contributed by atoms with Crippen LogP contribution in [0.15, 0.2) is 24.3 Å². The maximum Gasteiger partial charge on any atom is 0.293 e. The minimum absolute atomic E-state index is 0.367. The molecule has 0 aromatic heterocycles. The van der Waals surface area contributed by atoms with Crippen LogP contribution in [-0.4, -0.2) is 13.6 Å². The van der Waals surface area contributed by atoms with Crippen molar-refractivity contribution in [2.75, 3.05) is 7.11 Å². The van der Waals surface area contributed by atoms with Gasteiger partial charge in [-0.25, -0.2) is 0 Å². The number of ether oxygens (including phenoxy) is 2. The lowest BCUT2D eigenvalue weighted by Gasteiger charge is -2.04. The predicted octanol–water partition coefficient (Wildman–Crippen LogP) is 1.38. The molecule has 0 aliphatic carbocycles. The molecule has 1 rings (SSSR count). The average molecular weight is 165 g/mol. The van der Waals surface area contributed by atoms with Gasteiger partial charge in [-0.2, -0.15) is 0 Å². The second kappa shape index (κ2) is 4.38. The maximum atomic E-state index is 9.88. The Hall–Kier alpha value is -1.51. The molecule has 0 aliphatic heterocycles. The number of rotatable bonds is 4. The zero-order valence-corrected chi connectivity index (χ0v) is 6.69. The van der Waals surface area contributed by atoms with E-state index in [1.807, 2.05) is 12.1 Å². The molecule has 0 spiro atoms. The Morgan fingerprint density at radius 3 is 2.75 bits per heavy atom. The van der Waals surface area contributed by atoms with Crippen LogP contribution in [0.1, 0.15) is 5.56 Å². The Morgan fingerprint density at radius 2 is 2.08 bits per heavy atom. The smallest absolute Gasteiger partial charge is 0.293 e. The molecule has 1 aromatic rings. The van der Waals surface area contributed by atoms with Gasteiger partial charge in [-0.1, -0.05) is 18.2 Å². The van der Waals surface area contributed by atoms with Crippen molar-refractivity contribution in [2.45, 2.75) is 0 Å². The molecular weight excluding hydrogens is 156 g/mol. The van der Waals surface area contributed by atoms with Crippen LogP contribution in [0.25, 0.3) is 0 Å². The van der Waals surface area contributed by atoms with Gasteiger partial charge >= 0.3 is 0 Å². The minimum atomic E-state index is 0.367. The van der Waals surface area contributed by atoms with Gasteiger partial charge in [0, 0.05) is 5.56 Å². The van der Waals surface area contributed by atoms with Crippen LogP contribution in [0.2, 0.25) is 0 Å². The normalized spacial score (nSPS) is 9.08. The molecule has 0 fully saturated rings. The molecule has 0 bridgehead atoms. The van der Waals surface area contributed by atoms with Crippen molar-refractivity contribution >= 4 is 6.47 Å². The Labute approximate surface area is 70.9 Å². The van der Waals surface area contributed by atoms with Gasteiger partial charge in [0.15, 0.2) is 6.61 Å². The highest BCUT2D eigenvalue weighted by atomic mass is 16.5. The van der Waals surface area contributed by atoms with Crippen molar-refractivity contribution in [3.05, 3.63) is 36.4 Å². The molecule has 0 unspecified atom stereocenters. The molecule has 0 N–H and O–H groups in total. The van der Waals surface area contributed by atoms with Crippen molar-refractivity contribution in [3.63, 3.8) is 0 Å². The van der Waals surface area contributed by atoms with Gasteiger partial charge < -0.3 is 9.47 Å². The van der Waals surface area contributed by atoms with Crippen molar-refractivity contribution in [1.82, 2.24) is 0 Å². The van der Waals surface area contributed by atoms with E-state index in [1.54, 1.807) is 19.2 Å². The standard InChI is InChI=1S/C9H9O3/c1-11-9-5-3-2-4-8(9)6-12-7-10/h2-7H,1H3. The molecule has 63 valence electrons. The summed E-state index contributed by atoms with van der Waals surface area (Å²) in [5.74, 6) is 0.680. The van der Waals surface area contributed by atoms with Crippen LogP contribution in [-0.2, 0) is 9.53 Å². The van der Waals surface area contributed by atoms with Gasteiger partial charge in [0.25, 0.3) is 6.47 Å². The third kappa shape index (κ3) is 1.99. The highest BCUT2D eigenvalue weighted by Crippen LogP contribution is 2.18. The summed E-state index contributed by atoms with van der Waals surface area (Å²) in [6.07, 6.45) is 0. The van der Waals surface area contributed by atoms with E-state index in [4.69, 9.17) is 4.74 Å². The van der Waals surface area contributed by atoms with E-state index in [0.29, 0.717) is 12.2 Å². The average Bonchev–Trinajstić information content (AvgIpc) is 2.15. The molecule has 3 nitrogen and oxygen atoms in total. The molecule has 1 radical (unpaired) electrons. The van der Waals surface area contributed by atoms with E-state index in [2.05, 4.69) is 4.74 Å². The number of hydrogen-bond acceptors (Lipinski definition) is 3. The SMILES string of the molecule is COc1ccccc1[CH]OC=O. The fourth-order valence-corrected chi connectivity index (χ4v) is 0.865. The van der Waals surface area contributed by atoms with E-state index in [1.165, 1.54) is 6.61 Å². The van der Waals surface area contributed by atoms with Crippen molar-refractivity contribution < 1.29 is 14.3 Å². The molecule has 0 heterocycles. The van der Waals surface area contributed by atoms with Gasteiger partial charge in [0.1, 0.15) is 5.75 Å². The van der Waals surface area contributed by atoms with Gasteiger partial charge in [-0.05, 0) is 6.07 Å². The van der Waals surface area contributed by atoms with Crippen molar-refractivity contribution in [2.24, 2.45) is 0 Å². The molecule has 12 heavy (non-hydrogen) atoms. The predicted molar refractivity (Wildman–Crippen MR) is 43.5 cm³/mol. The first-order valence-corrected chi connectivity index (χ1v) is 3.44. The lowest BCUT2D eigenvalue weighted by Crippen LogP contribution is -1.92. The lowest BCUT2D eigenvalue weighted by atomic mass is 10.2. The third-order valence-corrected chi connectivity index (χ3v) is 1.39. The molecule has 0 amide bonds. The summed E-state index contributed by atoms with van der Waals surface area (Å²) < 4.78 is 9.49. The first kappa shape index (κ1) is 8.59. The highest BCUT2D eigenvalue weighted by Gasteiger charge is 2.00. The number of carbonyl (C=O) groups is 1. The molecule has 3 heteroatoms. The summed E-state index contributed by atoms with van der Waals surface area (Å²) in [5.41, 5.74) is 0.743. The molecule has 0 aliphatic rings. The van der Waals surface area contributed by atoms with E-state index in [9.17, 15) is 4.79 Å². The monoisotopic (exact) mass is 165 g/mol. The lowest BCUT2D eigenvalue weighted by molar-refractivity contribution is -0.125. The molecule has 1 aromatic carbocycles. The van der Waals surface area contributed by atoms with Crippen LogP contribution in [0.4, 0.5) is 0 Å². The fraction of sp³-hybridized carbons (Fsp3) is 0.111. The molecular formula is C9H9O3. The summed E-state index contributed by atoms with van der Waals surface area (Å²) in [7, 11) is 1.56. The Morgan fingerprint density at radius 1 is 1.33 bits per heavy atom. The second-order valence-corrected chi connectivity index (χ2v) is 2.09. The largest absolute Gasteiger partial charge is 0.496 e. The van der Waals surface area contributed by atoms with Crippen LogP contribution in [0.5, 0.6) is 5.75 Å². The fourth-order valence-electron chi connectivity index (χ4n) is 0.865. The van der Waals surface area contributed by atoms with Crippen LogP contribution < -0.4 is 4.74 Å². The van der Waals surface area contributed by atoms with Crippen molar-refractivity contribution in [1.29, 1.82) is 0 Å². The zero-order chi connectivity index (χ0) is 8.81. The van der Waals surface area contributed by atoms with E-state index in [0.717, 1.165) is 5.56 Å². The topological polar surface area (TPSA) is 35.5 Å². The molecule has 0 saturated heterocycles. The number of carbonyl (C=O) groups excluding carboxylic acids is 1. The Bertz CT molecular complexity index is 258. The van der Waals surface area contributed by atoms with E-state index in [-0.39, 0.29) is 0 Å². The van der Waals surface area contributed by atoms with Crippen LogP contribution in [0, 0.1) is 6.61 Å². The molecule has 0 saturated carbocycles. The second-order valence-electron chi connectivity index (χ2n) is 2.09. The number of hydrogen-bond donors (Lipinski definition) is 0. The number of methoxy groups -OCH3 is 1. The molecule has 0 atom stereocenters. The van der Waals surface area contributed by atoms with Gasteiger partial charge in [-0.15, -0.1) is 0 Å². The summed E-state index contributed by atoms with van der Waals surface area (Å²) in [5, 5.41) is 0. The quantitative estimate of drug-likeness (QED) is 0.632. The van der Waals surface area contributed by atoms with Crippen LogP contribution in [0.3, 0.4) is 0 Å². The Balaban J connectivity index is 2.74. The summed E-state index contributed by atoms with van der Waals surface area (Å²) in [6, 6.07) is 7.27. The third-order valence-electron chi connectivity index (χ3n) is 1.39. The van der Waals surface area contributed by atoms with Gasteiger partial charge in [-0.3, -0.25) is 4.79 Å². The van der Waals surface area contributed by atoms with Gasteiger partial charge in [0.2, 0.25) is 0 Å². The summed E-state index contributed by atoms with van der Waals surface area (Å²) in [4.78, 5) is 9.88.